The van der Waals surface area contributed by atoms with Crippen LogP contribution in [0.4, 0.5) is 0 Å². The molecule has 0 amide bonds. The predicted octanol–water partition coefficient (Wildman–Crippen LogP) is 2.54. The zero-order valence-electron chi connectivity index (χ0n) is 8.42. The number of hydrogen-bond donors (Lipinski definition) is 1. The van der Waals surface area contributed by atoms with E-state index < -0.39 is 5.54 Å². The van der Waals surface area contributed by atoms with E-state index in [1.807, 2.05) is 31.2 Å². The standard InChI is InChI=1S/C11H12ClNO.ClH/c1-11(10(14)6-7-13-11)8-2-4-9(12)5-3-8;/h2-5,13H,6-7H2,1H3;1H. The molecular formula is C11H13Cl2NO. The van der Waals surface area contributed by atoms with Crippen molar-refractivity contribution in [1.29, 1.82) is 0 Å². The molecule has 0 spiro atoms. The molecule has 1 atom stereocenters. The Morgan fingerprint density at radius 1 is 1.33 bits per heavy atom. The summed E-state index contributed by atoms with van der Waals surface area (Å²) < 4.78 is 0. The summed E-state index contributed by atoms with van der Waals surface area (Å²) in [4.78, 5) is 11.7. The number of carbonyl (C=O) groups excluding carboxylic acids is 1. The summed E-state index contributed by atoms with van der Waals surface area (Å²) in [6.45, 7) is 2.68. The second-order valence-electron chi connectivity index (χ2n) is 3.73. The number of benzene rings is 1. The molecule has 0 aromatic heterocycles. The van der Waals surface area contributed by atoms with Crippen LogP contribution < -0.4 is 5.32 Å². The topological polar surface area (TPSA) is 29.1 Å². The molecule has 0 bridgehead atoms. The van der Waals surface area contributed by atoms with Crippen molar-refractivity contribution in [3.8, 4) is 0 Å². The Morgan fingerprint density at radius 2 is 1.93 bits per heavy atom. The first-order valence-electron chi connectivity index (χ1n) is 4.67. The number of nitrogens with one attached hydrogen (secondary N) is 1. The Kier molecular flexibility index (Phi) is 3.77. The normalized spacial score (nSPS) is 25.1. The molecule has 1 saturated heterocycles. The minimum absolute atomic E-state index is 0. The van der Waals surface area contributed by atoms with Gasteiger partial charge in [0.05, 0.1) is 0 Å². The van der Waals surface area contributed by atoms with Crippen molar-refractivity contribution in [2.75, 3.05) is 6.54 Å². The van der Waals surface area contributed by atoms with Gasteiger partial charge >= 0.3 is 0 Å². The Bertz CT molecular complexity index is 363. The highest BCUT2D eigenvalue weighted by Crippen LogP contribution is 2.27. The van der Waals surface area contributed by atoms with Crippen LogP contribution in [0.5, 0.6) is 0 Å². The second kappa shape index (κ2) is 4.52. The molecule has 1 aliphatic rings. The van der Waals surface area contributed by atoms with Gasteiger partial charge in [-0.15, -0.1) is 12.4 Å². The van der Waals surface area contributed by atoms with Crippen LogP contribution in [0.25, 0.3) is 0 Å². The SMILES string of the molecule is CC1(c2ccc(Cl)cc2)NCCC1=O.Cl. The third-order valence-electron chi connectivity index (χ3n) is 2.81. The van der Waals surface area contributed by atoms with Gasteiger partial charge in [0.25, 0.3) is 0 Å². The second-order valence-corrected chi connectivity index (χ2v) is 4.17. The summed E-state index contributed by atoms with van der Waals surface area (Å²) in [5, 5.41) is 3.92. The molecule has 1 aliphatic heterocycles. The van der Waals surface area contributed by atoms with Crippen molar-refractivity contribution >= 4 is 29.8 Å². The van der Waals surface area contributed by atoms with Gasteiger partial charge in [0.1, 0.15) is 5.54 Å². The minimum Gasteiger partial charge on any atom is -0.301 e. The van der Waals surface area contributed by atoms with E-state index in [0.717, 1.165) is 12.1 Å². The van der Waals surface area contributed by atoms with Gasteiger partial charge in [0.15, 0.2) is 5.78 Å². The van der Waals surface area contributed by atoms with Crippen LogP contribution in [-0.2, 0) is 10.3 Å². The molecular weight excluding hydrogens is 233 g/mol. The lowest BCUT2D eigenvalue weighted by atomic mass is 9.89. The molecule has 2 rings (SSSR count). The molecule has 0 radical (unpaired) electrons. The summed E-state index contributed by atoms with van der Waals surface area (Å²) >= 11 is 5.79. The highest BCUT2D eigenvalue weighted by atomic mass is 35.5. The fraction of sp³-hybridized carbons (Fsp3) is 0.364. The van der Waals surface area contributed by atoms with Gasteiger partial charge in [0.2, 0.25) is 0 Å². The van der Waals surface area contributed by atoms with E-state index in [4.69, 9.17) is 11.6 Å². The Morgan fingerprint density at radius 3 is 2.40 bits per heavy atom. The van der Waals surface area contributed by atoms with Gasteiger partial charge in [-0.05, 0) is 24.6 Å². The lowest BCUT2D eigenvalue weighted by molar-refractivity contribution is -0.122. The highest BCUT2D eigenvalue weighted by Gasteiger charge is 2.38. The molecule has 4 heteroatoms. The number of ketones is 1. The first kappa shape index (κ1) is 12.5. The van der Waals surface area contributed by atoms with Crippen molar-refractivity contribution < 1.29 is 4.79 Å². The molecule has 1 heterocycles. The maximum atomic E-state index is 11.7. The lowest BCUT2D eigenvalue weighted by Crippen LogP contribution is -2.38. The smallest absolute Gasteiger partial charge is 0.158 e. The molecule has 0 aliphatic carbocycles. The van der Waals surface area contributed by atoms with Crippen molar-refractivity contribution in [1.82, 2.24) is 5.32 Å². The van der Waals surface area contributed by atoms with Gasteiger partial charge in [0, 0.05) is 18.0 Å². The van der Waals surface area contributed by atoms with Crippen LogP contribution in [-0.4, -0.2) is 12.3 Å². The Hall–Kier alpha value is -0.570. The molecule has 1 unspecified atom stereocenters. The van der Waals surface area contributed by atoms with Crippen LogP contribution in [0, 0.1) is 0 Å². The molecule has 15 heavy (non-hydrogen) atoms. The van der Waals surface area contributed by atoms with Crippen LogP contribution in [0.15, 0.2) is 24.3 Å². The number of carbonyl (C=O) groups is 1. The highest BCUT2D eigenvalue weighted by molar-refractivity contribution is 6.30. The monoisotopic (exact) mass is 245 g/mol. The first-order chi connectivity index (χ1) is 6.63. The predicted molar refractivity (Wildman–Crippen MR) is 63.7 cm³/mol. The summed E-state index contributed by atoms with van der Waals surface area (Å²) in [5.74, 6) is 0.250. The number of rotatable bonds is 1. The van der Waals surface area contributed by atoms with E-state index in [1.165, 1.54) is 0 Å². The minimum atomic E-state index is -0.509. The first-order valence-corrected chi connectivity index (χ1v) is 5.05. The maximum absolute atomic E-state index is 11.7. The average Bonchev–Trinajstić information content (AvgIpc) is 2.49. The van der Waals surface area contributed by atoms with Crippen molar-refractivity contribution in [3.63, 3.8) is 0 Å². The van der Waals surface area contributed by atoms with Crippen molar-refractivity contribution in [2.45, 2.75) is 18.9 Å². The van der Waals surface area contributed by atoms with E-state index in [2.05, 4.69) is 5.32 Å². The molecule has 1 aromatic rings. The van der Waals surface area contributed by atoms with E-state index in [0.29, 0.717) is 11.4 Å². The number of halogens is 2. The molecule has 1 N–H and O–H groups in total. The van der Waals surface area contributed by atoms with Crippen molar-refractivity contribution in [2.24, 2.45) is 0 Å². The number of hydrogen-bond acceptors (Lipinski definition) is 2. The van der Waals surface area contributed by atoms with Crippen LogP contribution >= 0.6 is 24.0 Å². The van der Waals surface area contributed by atoms with Gasteiger partial charge in [-0.1, -0.05) is 23.7 Å². The van der Waals surface area contributed by atoms with Crippen LogP contribution in [0.2, 0.25) is 5.02 Å². The quantitative estimate of drug-likeness (QED) is 0.825. The summed E-state index contributed by atoms with van der Waals surface area (Å²) in [7, 11) is 0. The fourth-order valence-corrected chi connectivity index (χ4v) is 1.95. The van der Waals surface area contributed by atoms with Crippen LogP contribution in [0.1, 0.15) is 18.9 Å². The molecule has 0 saturated carbocycles. The summed E-state index contributed by atoms with van der Waals surface area (Å²) in [6.07, 6.45) is 0.610. The summed E-state index contributed by atoms with van der Waals surface area (Å²) in [6, 6.07) is 7.43. The molecule has 2 nitrogen and oxygen atoms in total. The lowest BCUT2D eigenvalue weighted by Gasteiger charge is -2.23. The molecule has 1 fully saturated rings. The number of Topliss-reactive ketones (excluding diaryl/α,β-unsaturated/α-hetero) is 1. The summed E-state index contributed by atoms with van der Waals surface area (Å²) in [5.41, 5.74) is 0.481. The van der Waals surface area contributed by atoms with Crippen molar-refractivity contribution in [3.05, 3.63) is 34.9 Å². The third-order valence-corrected chi connectivity index (χ3v) is 3.06. The van der Waals surface area contributed by atoms with E-state index >= 15 is 0 Å². The largest absolute Gasteiger partial charge is 0.301 e. The van der Waals surface area contributed by atoms with Gasteiger partial charge in [-0.2, -0.15) is 0 Å². The van der Waals surface area contributed by atoms with Gasteiger partial charge in [-0.25, -0.2) is 0 Å². The van der Waals surface area contributed by atoms with Gasteiger partial charge < -0.3 is 5.32 Å². The zero-order valence-corrected chi connectivity index (χ0v) is 9.99. The van der Waals surface area contributed by atoms with E-state index in [-0.39, 0.29) is 18.2 Å². The fourth-order valence-electron chi connectivity index (χ4n) is 1.82. The Labute approximate surface area is 100 Å². The third kappa shape index (κ3) is 2.17. The van der Waals surface area contributed by atoms with Gasteiger partial charge in [-0.3, -0.25) is 4.79 Å². The van der Waals surface area contributed by atoms with E-state index in [1.54, 1.807) is 0 Å². The molecule has 1 aromatic carbocycles. The van der Waals surface area contributed by atoms with E-state index in [9.17, 15) is 4.79 Å². The molecule has 82 valence electrons. The Balaban J connectivity index is 0.00000112. The maximum Gasteiger partial charge on any atom is 0.158 e. The zero-order chi connectivity index (χ0) is 10.2. The van der Waals surface area contributed by atoms with Crippen LogP contribution in [0.3, 0.4) is 0 Å². The average molecular weight is 246 g/mol.